The summed E-state index contributed by atoms with van der Waals surface area (Å²) in [5.41, 5.74) is 7.06. The number of rotatable bonds is 6. The van der Waals surface area contributed by atoms with E-state index in [4.69, 9.17) is 19.9 Å². The highest BCUT2D eigenvalue weighted by Gasteiger charge is 2.39. The van der Waals surface area contributed by atoms with Crippen LogP contribution in [0.2, 0.25) is 0 Å². The average molecular weight is 294 g/mol. The van der Waals surface area contributed by atoms with Crippen molar-refractivity contribution in [2.24, 2.45) is 5.73 Å². The molecule has 1 aromatic rings. The number of nitrogens with two attached hydrogens (primary N) is 1. The molecule has 2 N–H and O–H groups in total. The maximum Gasteiger partial charge on any atom is 0.224 e. The lowest BCUT2D eigenvalue weighted by Gasteiger charge is -2.28. The Bertz CT molecular complexity index is 506. The smallest absolute Gasteiger partial charge is 0.224 e. The predicted molar refractivity (Wildman–Crippen MR) is 78.5 cm³/mol. The van der Waals surface area contributed by atoms with Gasteiger partial charge in [-0.25, -0.2) is 0 Å². The molecule has 1 heterocycles. The topological polar surface area (TPSA) is 74.0 Å². The summed E-state index contributed by atoms with van der Waals surface area (Å²) in [6, 6.07) is 5.10. The summed E-state index contributed by atoms with van der Waals surface area (Å²) < 4.78 is 15.7. The van der Waals surface area contributed by atoms with E-state index in [9.17, 15) is 4.79 Å². The van der Waals surface area contributed by atoms with Gasteiger partial charge < -0.3 is 24.8 Å². The van der Waals surface area contributed by atoms with Crippen LogP contribution in [0.1, 0.15) is 18.0 Å². The number of methoxy groups -OCH3 is 3. The van der Waals surface area contributed by atoms with Gasteiger partial charge in [-0.05, 0) is 12.1 Å². The summed E-state index contributed by atoms with van der Waals surface area (Å²) >= 11 is 0. The summed E-state index contributed by atoms with van der Waals surface area (Å²) in [6.45, 7) is 0.996. The number of hydrogen-bond acceptors (Lipinski definition) is 5. The van der Waals surface area contributed by atoms with Crippen molar-refractivity contribution in [3.63, 3.8) is 0 Å². The molecule has 0 bridgehead atoms. The Morgan fingerprint density at radius 3 is 2.67 bits per heavy atom. The van der Waals surface area contributed by atoms with Crippen LogP contribution in [-0.2, 0) is 9.53 Å². The highest BCUT2D eigenvalue weighted by molar-refractivity contribution is 5.80. The van der Waals surface area contributed by atoms with Crippen molar-refractivity contribution in [3.05, 3.63) is 23.8 Å². The van der Waals surface area contributed by atoms with Crippen molar-refractivity contribution in [3.8, 4) is 11.5 Å². The number of carbonyl (C=O) groups excluding carboxylic acids is 1. The molecular formula is C15H22N2O4. The number of hydrogen-bond donors (Lipinski definition) is 1. The normalized spacial score (nSPS) is 21.7. The highest BCUT2D eigenvalue weighted by atomic mass is 16.5. The SMILES string of the molecule is COCCN1C(=O)CC(N)C1c1ccc(OC)cc1OC. The second-order valence-corrected chi connectivity index (χ2v) is 5.00. The van der Waals surface area contributed by atoms with Gasteiger partial charge in [0.05, 0.1) is 26.9 Å². The minimum atomic E-state index is -0.253. The van der Waals surface area contributed by atoms with Gasteiger partial charge >= 0.3 is 0 Å². The number of benzene rings is 1. The van der Waals surface area contributed by atoms with Gasteiger partial charge in [0.25, 0.3) is 0 Å². The van der Waals surface area contributed by atoms with E-state index < -0.39 is 0 Å². The Balaban J connectivity index is 2.35. The molecule has 0 aliphatic carbocycles. The Labute approximate surface area is 124 Å². The number of likely N-dealkylation sites (tertiary alicyclic amines) is 1. The van der Waals surface area contributed by atoms with Crippen LogP contribution in [0.4, 0.5) is 0 Å². The van der Waals surface area contributed by atoms with E-state index in [1.54, 1.807) is 32.3 Å². The van der Waals surface area contributed by atoms with Crippen LogP contribution in [0.3, 0.4) is 0 Å². The van der Waals surface area contributed by atoms with E-state index in [0.717, 1.165) is 5.56 Å². The maximum absolute atomic E-state index is 12.1. The van der Waals surface area contributed by atoms with Crippen LogP contribution >= 0.6 is 0 Å². The lowest BCUT2D eigenvalue weighted by atomic mass is 9.99. The minimum Gasteiger partial charge on any atom is -0.497 e. The number of ether oxygens (including phenoxy) is 3. The molecule has 0 saturated carbocycles. The first-order chi connectivity index (χ1) is 10.1. The second kappa shape index (κ2) is 6.78. The van der Waals surface area contributed by atoms with Crippen LogP contribution in [0.5, 0.6) is 11.5 Å². The fourth-order valence-corrected chi connectivity index (χ4v) is 2.73. The molecule has 1 fully saturated rings. The molecular weight excluding hydrogens is 272 g/mol. The first-order valence-corrected chi connectivity index (χ1v) is 6.88. The first-order valence-electron chi connectivity index (χ1n) is 6.88. The minimum absolute atomic E-state index is 0.0439. The third-order valence-corrected chi connectivity index (χ3v) is 3.77. The fourth-order valence-electron chi connectivity index (χ4n) is 2.73. The van der Waals surface area contributed by atoms with Crippen molar-refractivity contribution < 1.29 is 19.0 Å². The zero-order chi connectivity index (χ0) is 15.4. The standard InChI is InChI=1S/C15H22N2O4/c1-19-7-6-17-14(18)9-12(16)15(17)11-5-4-10(20-2)8-13(11)21-3/h4-5,8,12,15H,6-7,9,16H2,1-3H3. The van der Waals surface area contributed by atoms with E-state index in [2.05, 4.69) is 0 Å². The number of carbonyl (C=O) groups is 1. The molecule has 1 saturated heterocycles. The van der Waals surface area contributed by atoms with Crippen molar-refractivity contribution in [1.82, 2.24) is 4.90 Å². The van der Waals surface area contributed by atoms with Crippen molar-refractivity contribution in [2.45, 2.75) is 18.5 Å². The van der Waals surface area contributed by atoms with Gasteiger partial charge in [-0.1, -0.05) is 0 Å². The van der Waals surface area contributed by atoms with Crippen LogP contribution in [-0.4, -0.2) is 51.3 Å². The summed E-state index contributed by atoms with van der Waals surface area (Å²) in [7, 11) is 4.81. The highest BCUT2D eigenvalue weighted by Crippen LogP contribution is 2.38. The van der Waals surface area contributed by atoms with Crippen molar-refractivity contribution in [2.75, 3.05) is 34.5 Å². The van der Waals surface area contributed by atoms with E-state index in [1.807, 2.05) is 12.1 Å². The van der Waals surface area contributed by atoms with Crippen LogP contribution in [0.15, 0.2) is 18.2 Å². The van der Waals surface area contributed by atoms with Gasteiger partial charge in [-0.2, -0.15) is 0 Å². The van der Waals surface area contributed by atoms with E-state index >= 15 is 0 Å². The lowest BCUT2D eigenvalue weighted by molar-refractivity contribution is -0.129. The molecule has 1 aromatic carbocycles. The molecule has 0 radical (unpaired) electrons. The van der Waals surface area contributed by atoms with E-state index in [1.165, 1.54) is 0 Å². The van der Waals surface area contributed by atoms with Crippen LogP contribution in [0.25, 0.3) is 0 Å². The quantitative estimate of drug-likeness (QED) is 0.845. The monoisotopic (exact) mass is 294 g/mol. The van der Waals surface area contributed by atoms with Crippen LogP contribution in [0, 0.1) is 0 Å². The van der Waals surface area contributed by atoms with Crippen molar-refractivity contribution >= 4 is 5.91 Å². The van der Waals surface area contributed by atoms with Gasteiger partial charge in [-0.3, -0.25) is 4.79 Å². The van der Waals surface area contributed by atoms with Crippen LogP contribution < -0.4 is 15.2 Å². The van der Waals surface area contributed by atoms with E-state index in [-0.39, 0.29) is 18.0 Å². The van der Waals surface area contributed by atoms with Gasteiger partial charge in [0.15, 0.2) is 0 Å². The molecule has 1 amide bonds. The molecule has 1 aliphatic rings. The summed E-state index contributed by atoms with van der Waals surface area (Å²) in [4.78, 5) is 13.9. The largest absolute Gasteiger partial charge is 0.497 e. The molecule has 1 aliphatic heterocycles. The average Bonchev–Trinajstić information content (AvgIpc) is 2.78. The lowest BCUT2D eigenvalue weighted by Crippen LogP contribution is -2.35. The van der Waals surface area contributed by atoms with Gasteiger partial charge in [0.2, 0.25) is 5.91 Å². The third kappa shape index (κ3) is 3.11. The summed E-state index contributed by atoms with van der Waals surface area (Å²) in [5.74, 6) is 1.42. The summed E-state index contributed by atoms with van der Waals surface area (Å²) in [6.07, 6.45) is 0.337. The Morgan fingerprint density at radius 1 is 1.29 bits per heavy atom. The second-order valence-electron chi connectivity index (χ2n) is 5.00. The number of nitrogens with zero attached hydrogens (tertiary/aromatic N) is 1. The predicted octanol–water partition coefficient (Wildman–Crippen LogP) is 0.951. The first kappa shape index (κ1) is 15.6. The Morgan fingerprint density at radius 2 is 2.05 bits per heavy atom. The molecule has 6 heteroatoms. The zero-order valence-electron chi connectivity index (χ0n) is 12.7. The Kier molecular flexibility index (Phi) is 5.03. The maximum atomic E-state index is 12.1. The van der Waals surface area contributed by atoms with Gasteiger partial charge in [0, 0.05) is 37.7 Å². The number of amides is 1. The third-order valence-electron chi connectivity index (χ3n) is 3.77. The van der Waals surface area contributed by atoms with Crippen molar-refractivity contribution in [1.29, 1.82) is 0 Å². The van der Waals surface area contributed by atoms with Gasteiger partial charge in [-0.15, -0.1) is 0 Å². The Hall–Kier alpha value is -1.79. The molecule has 0 aromatic heterocycles. The van der Waals surface area contributed by atoms with E-state index in [0.29, 0.717) is 31.1 Å². The molecule has 2 atom stereocenters. The van der Waals surface area contributed by atoms with Gasteiger partial charge in [0.1, 0.15) is 11.5 Å². The fraction of sp³-hybridized carbons (Fsp3) is 0.533. The molecule has 0 spiro atoms. The zero-order valence-corrected chi connectivity index (χ0v) is 12.7. The molecule has 2 unspecified atom stereocenters. The molecule has 2 rings (SSSR count). The molecule has 116 valence electrons. The molecule has 21 heavy (non-hydrogen) atoms. The molecule has 6 nitrogen and oxygen atoms in total. The summed E-state index contributed by atoms with van der Waals surface area (Å²) in [5, 5.41) is 0.